The molecule has 1 aliphatic heterocycles. The lowest BCUT2D eigenvalue weighted by molar-refractivity contribution is -0.130. The second-order valence-corrected chi connectivity index (χ2v) is 7.71. The molecular weight excluding hydrogens is 409 g/mol. The van der Waals surface area contributed by atoms with E-state index in [1.54, 1.807) is 37.5 Å². The molecule has 8 heteroatoms. The summed E-state index contributed by atoms with van der Waals surface area (Å²) in [6.45, 7) is 4.27. The van der Waals surface area contributed by atoms with Gasteiger partial charge in [-0.25, -0.2) is 14.4 Å². The standard InChI is InChI=1S/C24H24FN5O2/c1-17-15-19(5-8-21(17)25)23(32)28-20-6-3-18(4-7-20)16-22(31)29-11-13-30(14-12-29)24-26-9-2-10-27-24/h2-10,15H,11-14,16H2,1H3,(H,28,32). The van der Waals surface area contributed by atoms with E-state index < -0.39 is 0 Å². The number of carbonyl (C=O) groups excluding carboxylic acids is 2. The van der Waals surface area contributed by atoms with Crippen LogP contribution in [0.4, 0.5) is 16.0 Å². The molecule has 1 N–H and O–H groups in total. The molecule has 0 spiro atoms. The van der Waals surface area contributed by atoms with E-state index in [1.807, 2.05) is 17.0 Å². The van der Waals surface area contributed by atoms with Gasteiger partial charge in [0, 0.05) is 49.8 Å². The number of hydrogen-bond acceptors (Lipinski definition) is 5. The van der Waals surface area contributed by atoms with Crippen molar-refractivity contribution >= 4 is 23.5 Å². The van der Waals surface area contributed by atoms with Crippen molar-refractivity contribution in [1.29, 1.82) is 0 Å². The molecule has 2 amide bonds. The predicted octanol–water partition coefficient (Wildman–Crippen LogP) is 3.07. The zero-order chi connectivity index (χ0) is 22.5. The van der Waals surface area contributed by atoms with E-state index in [1.165, 1.54) is 18.2 Å². The van der Waals surface area contributed by atoms with E-state index in [0.29, 0.717) is 55.4 Å². The number of rotatable bonds is 5. The molecular formula is C24H24FN5O2. The van der Waals surface area contributed by atoms with Crippen molar-refractivity contribution < 1.29 is 14.0 Å². The normalized spacial score (nSPS) is 13.7. The number of nitrogens with one attached hydrogen (secondary N) is 1. The highest BCUT2D eigenvalue weighted by Crippen LogP contribution is 2.16. The Morgan fingerprint density at radius 1 is 1.00 bits per heavy atom. The number of nitrogens with zero attached hydrogens (tertiary/aromatic N) is 4. The van der Waals surface area contributed by atoms with E-state index in [9.17, 15) is 14.0 Å². The van der Waals surface area contributed by atoms with Gasteiger partial charge in [-0.15, -0.1) is 0 Å². The molecule has 0 aliphatic carbocycles. The van der Waals surface area contributed by atoms with Crippen molar-refractivity contribution in [3.8, 4) is 0 Å². The van der Waals surface area contributed by atoms with Crippen LogP contribution in [0.2, 0.25) is 0 Å². The monoisotopic (exact) mass is 433 g/mol. The van der Waals surface area contributed by atoms with E-state index in [4.69, 9.17) is 0 Å². The number of aryl methyl sites for hydroxylation is 1. The number of amides is 2. The molecule has 0 bridgehead atoms. The number of benzene rings is 2. The van der Waals surface area contributed by atoms with Gasteiger partial charge in [0.25, 0.3) is 5.91 Å². The average molecular weight is 433 g/mol. The van der Waals surface area contributed by atoms with Gasteiger partial charge in [-0.1, -0.05) is 12.1 Å². The van der Waals surface area contributed by atoms with E-state index in [0.717, 1.165) is 5.56 Å². The fraction of sp³-hybridized carbons (Fsp3) is 0.250. The molecule has 32 heavy (non-hydrogen) atoms. The highest BCUT2D eigenvalue weighted by molar-refractivity contribution is 6.04. The lowest BCUT2D eigenvalue weighted by atomic mass is 10.1. The SMILES string of the molecule is Cc1cc(C(=O)Nc2ccc(CC(=O)N3CCN(c4ncccn4)CC3)cc2)ccc1F. The maximum atomic E-state index is 13.4. The molecule has 0 saturated carbocycles. The predicted molar refractivity (Wildman–Crippen MR) is 120 cm³/mol. The number of piperazine rings is 1. The molecule has 0 radical (unpaired) electrons. The molecule has 2 heterocycles. The summed E-state index contributed by atoms with van der Waals surface area (Å²) in [5.41, 5.74) is 2.30. The van der Waals surface area contributed by atoms with Gasteiger partial charge in [0.1, 0.15) is 5.82 Å². The number of hydrogen-bond donors (Lipinski definition) is 1. The Morgan fingerprint density at radius 2 is 1.69 bits per heavy atom. The van der Waals surface area contributed by atoms with E-state index >= 15 is 0 Å². The molecule has 1 fully saturated rings. The average Bonchev–Trinajstić information content (AvgIpc) is 2.82. The van der Waals surface area contributed by atoms with Gasteiger partial charge in [-0.05, 0) is 54.4 Å². The third-order valence-corrected chi connectivity index (χ3v) is 5.45. The van der Waals surface area contributed by atoms with Gasteiger partial charge < -0.3 is 15.1 Å². The van der Waals surface area contributed by atoms with Crippen LogP contribution in [0.1, 0.15) is 21.5 Å². The molecule has 1 aromatic heterocycles. The lowest BCUT2D eigenvalue weighted by Gasteiger charge is -2.34. The first-order valence-corrected chi connectivity index (χ1v) is 10.5. The van der Waals surface area contributed by atoms with Crippen LogP contribution in [0.15, 0.2) is 60.9 Å². The summed E-state index contributed by atoms with van der Waals surface area (Å²) in [5.74, 6) is 0.104. The van der Waals surface area contributed by atoms with Crippen LogP contribution in [0.25, 0.3) is 0 Å². The highest BCUT2D eigenvalue weighted by Gasteiger charge is 2.22. The zero-order valence-corrected chi connectivity index (χ0v) is 17.8. The summed E-state index contributed by atoms with van der Waals surface area (Å²) < 4.78 is 13.4. The smallest absolute Gasteiger partial charge is 0.255 e. The minimum absolute atomic E-state index is 0.0669. The minimum atomic E-state index is -0.342. The molecule has 1 saturated heterocycles. The van der Waals surface area contributed by atoms with Gasteiger partial charge in [-0.3, -0.25) is 9.59 Å². The number of anilines is 2. The molecule has 3 aromatic rings. The summed E-state index contributed by atoms with van der Waals surface area (Å²) in [4.78, 5) is 37.5. The number of carbonyl (C=O) groups is 2. The molecule has 7 nitrogen and oxygen atoms in total. The van der Waals surface area contributed by atoms with Crippen molar-refractivity contribution in [2.24, 2.45) is 0 Å². The Kier molecular flexibility index (Phi) is 6.39. The summed E-state index contributed by atoms with van der Waals surface area (Å²) in [6, 6.07) is 13.2. The highest BCUT2D eigenvalue weighted by atomic mass is 19.1. The maximum absolute atomic E-state index is 13.4. The summed E-state index contributed by atoms with van der Waals surface area (Å²) in [6.07, 6.45) is 3.73. The Labute approximate surface area is 185 Å². The van der Waals surface area contributed by atoms with Crippen molar-refractivity contribution in [2.45, 2.75) is 13.3 Å². The Balaban J connectivity index is 1.29. The third-order valence-electron chi connectivity index (χ3n) is 5.45. The van der Waals surface area contributed by atoms with Crippen molar-refractivity contribution in [3.05, 3.63) is 83.4 Å². The van der Waals surface area contributed by atoms with Gasteiger partial charge in [-0.2, -0.15) is 0 Å². The topological polar surface area (TPSA) is 78.4 Å². The van der Waals surface area contributed by atoms with Crippen LogP contribution >= 0.6 is 0 Å². The first-order valence-electron chi connectivity index (χ1n) is 10.5. The minimum Gasteiger partial charge on any atom is -0.339 e. The second kappa shape index (κ2) is 9.55. The van der Waals surface area contributed by atoms with Crippen LogP contribution < -0.4 is 10.2 Å². The van der Waals surface area contributed by atoms with Crippen molar-refractivity contribution in [2.75, 3.05) is 36.4 Å². The quantitative estimate of drug-likeness (QED) is 0.669. The first kappa shape index (κ1) is 21.4. The molecule has 1 aliphatic rings. The van der Waals surface area contributed by atoms with Crippen LogP contribution in [0, 0.1) is 12.7 Å². The van der Waals surface area contributed by atoms with E-state index in [-0.39, 0.29) is 17.6 Å². The van der Waals surface area contributed by atoms with Crippen LogP contribution in [-0.2, 0) is 11.2 Å². The first-order chi connectivity index (χ1) is 15.5. The number of aromatic nitrogens is 2. The van der Waals surface area contributed by atoms with Gasteiger partial charge >= 0.3 is 0 Å². The van der Waals surface area contributed by atoms with Crippen LogP contribution in [0.5, 0.6) is 0 Å². The second-order valence-electron chi connectivity index (χ2n) is 7.71. The van der Waals surface area contributed by atoms with Crippen molar-refractivity contribution in [3.63, 3.8) is 0 Å². The fourth-order valence-corrected chi connectivity index (χ4v) is 3.59. The third kappa shape index (κ3) is 5.08. The summed E-state index contributed by atoms with van der Waals surface area (Å²) in [5, 5.41) is 2.80. The van der Waals surface area contributed by atoms with Gasteiger partial charge in [0.2, 0.25) is 11.9 Å². The van der Waals surface area contributed by atoms with Gasteiger partial charge in [0.05, 0.1) is 6.42 Å². The Bertz CT molecular complexity index is 1100. The zero-order valence-electron chi connectivity index (χ0n) is 17.8. The van der Waals surface area contributed by atoms with Gasteiger partial charge in [0.15, 0.2) is 0 Å². The Hall–Kier alpha value is -3.81. The number of halogens is 1. The summed E-state index contributed by atoms with van der Waals surface area (Å²) in [7, 11) is 0. The van der Waals surface area contributed by atoms with Crippen molar-refractivity contribution in [1.82, 2.24) is 14.9 Å². The molecule has 0 unspecified atom stereocenters. The van der Waals surface area contributed by atoms with E-state index in [2.05, 4.69) is 20.2 Å². The van der Waals surface area contributed by atoms with Crippen LogP contribution in [-0.4, -0.2) is 52.9 Å². The maximum Gasteiger partial charge on any atom is 0.255 e. The Morgan fingerprint density at radius 3 is 2.34 bits per heavy atom. The molecule has 2 aromatic carbocycles. The molecule has 4 rings (SSSR count). The lowest BCUT2D eigenvalue weighted by Crippen LogP contribution is -2.49. The largest absolute Gasteiger partial charge is 0.339 e. The van der Waals surface area contributed by atoms with Crippen LogP contribution in [0.3, 0.4) is 0 Å². The summed E-state index contributed by atoms with van der Waals surface area (Å²) >= 11 is 0. The molecule has 0 atom stereocenters. The fourth-order valence-electron chi connectivity index (χ4n) is 3.59. The molecule has 164 valence electrons.